The highest BCUT2D eigenvalue weighted by Crippen LogP contribution is 2.40. The third-order valence-corrected chi connectivity index (χ3v) is 3.21. The molecule has 0 aromatic heterocycles. The number of aliphatic hydroxyl groups excluding tert-OH is 1. The Bertz CT molecular complexity index is 183. The molecule has 0 heterocycles. The largest absolute Gasteiger partial charge is 0.393 e. The number of aliphatic hydroxyl groups is 1. The van der Waals surface area contributed by atoms with Crippen LogP contribution in [-0.2, 0) is 0 Å². The number of rotatable bonds is 0. The second-order valence-electron chi connectivity index (χ2n) is 4.03. The summed E-state index contributed by atoms with van der Waals surface area (Å²) in [5.74, 6) is 1.30. The molecular formula is C10H16O. The van der Waals surface area contributed by atoms with Gasteiger partial charge in [0.25, 0.3) is 0 Å². The molecule has 3 atom stereocenters. The predicted molar refractivity (Wildman–Crippen MR) is 45.2 cm³/mol. The van der Waals surface area contributed by atoms with E-state index in [0.717, 1.165) is 12.3 Å². The molecule has 1 saturated carbocycles. The van der Waals surface area contributed by atoms with E-state index in [9.17, 15) is 5.11 Å². The van der Waals surface area contributed by atoms with E-state index >= 15 is 0 Å². The van der Waals surface area contributed by atoms with Gasteiger partial charge in [-0.3, -0.25) is 0 Å². The Morgan fingerprint density at radius 3 is 3.00 bits per heavy atom. The molecule has 62 valence electrons. The molecule has 0 bridgehead atoms. The minimum atomic E-state index is -0.0322. The summed E-state index contributed by atoms with van der Waals surface area (Å²) in [4.78, 5) is 0. The Labute approximate surface area is 68.1 Å². The van der Waals surface area contributed by atoms with Crippen LogP contribution in [0.5, 0.6) is 0 Å². The normalized spacial score (nSPS) is 43.5. The van der Waals surface area contributed by atoms with E-state index in [1.54, 1.807) is 0 Å². The lowest BCUT2D eigenvalue weighted by atomic mass is 9.83. The topological polar surface area (TPSA) is 20.2 Å². The van der Waals surface area contributed by atoms with Gasteiger partial charge < -0.3 is 5.11 Å². The van der Waals surface area contributed by atoms with Gasteiger partial charge in [-0.25, -0.2) is 0 Å². The Morgan fingerprint density at radius 2 is 2.18 bits per heavy atom. The van der Waals surface area contributed by atoms with Gasteiger partial charge in [0.2, 0.25) is 0 Å². The molecule has 0 aromatic carbocycles. The second-order valence-corrected chi connectivity index (χ2v) is 4.03. The molecule has 0 radical (unpaired) electrons. The fourth-order valence-corrected chi connectivity index (χ4v) is 2.49. The highest BCUT2D eigenvalue weighted by Gasteiger charge is 2.34. The molecule has 0 spiro atoms. The van der Waals surface area contributed by atoms with Crippen molar-refractivity contribution in [2.45, 2.75) is 38.7 Å². The van der Waals surface area contributed by atoms with E-state index < -0.39 is 0 Å². The van der Waals surface area contributed by atoms with Gasteiger partial charge in [-0.05, 0) is 38.5 Å². The minimum absolute atomic E-state index is 0.0322. The fraction of sp³-hybridized carbons (Fsp3) is 0.800. The van der Waals surface area contributed by atoms with Gasteiger partial charge in [-0.2, -0.15) is 0 Å². The lowest BCUT2D eigenvalue weighted by Crippen LogP contribution is -2.20. The van der Waals surface area contributed by atoms with Crippen molar-refractivity contribution in [1.29, 1.82) is 0 Å². The standard InChI is InChI=1S/C10H16O/c1-7-2-3-8-4-5-10(11)9(8)6-7/h6,8-11H,2-5H2,1H3/t8-,9-,10+/m1/s1. The van der Waals surface area contributed by atoms with Crippen molar-refractivity contribution >= 4 is 0 Å². The first-order valence-electron chi connectivity index (χ1n) is 4.63. The smallest absolute Gasteiger partial charge is 0.0605 e. The molecule has 0 amide bonds. The SMILES string of the molecule is CC1=C[C@@H]2[C@H](CC1)CC[C@@H]2O. The summed E-state index contributed by atoms with van der Waals surface area (Å²) in [6.07, 6.45) is 7.11. The van der Waals surface area contributed by atoms with E-state index in [2.05, 4.69) is 13.0 Å². The zero-order valence-corrected chi connectivity index (χ0v) is 7.09. The molecule has 11 heavy (non-hydrogen) atoms. The van der Waals surface area contributed by atoms with Gasteiger partial charge in [0.05, 0.1) is 6.10 Å². The third-order valence-electron chi connectivity index (χ3n) is 3.21. The quantitative estimate of drug-likeness (QED) is 0.527. The van der Waals surface area contributed by atoms with E-state index in [1.165, 1.54) is 24.8 Å². The average Bonchev–Trinajstić information content (AvgIpc) is 2.33. The van der Waals surface area contributed by atoms with Gasteiger partial charge in [-0.1, -0.05) is 11.6 Å². The van der Waals surface area contributed by atoms with Gasteiger partial charge in [0, 0.05) is 5.92 Å². The van der Waals surface area contributed by atoms with Gasteiger partial charge >= 0.3 is 0 Å². The molecule has 1 N–H and O–H groups in total. The minimum Gasteiger partial charge on any atom is -0.393 e. The van der Waals surface area contributed by atoms with Crippen molar-refractivity contribution in [3.63, 3.8) is 0 Å². The summed E-state index contributed by atoms with van der Waals surface area (Å²) in [7, 11) is 0. The van der Waals surface area contributed by atoms with Crippen LogP contribution in [0.4, 0.5) is 0 Å². The molecule has 2 rings (SSSR count). The summed E-state index contributed by atoms with van der Waals surface area (Å²) in [5.41, 5.74) is 1.48. The van der Waals surface area contributed by atoms with Crippen LogP contribution in [0.2, 0.25) is 0 Å². The van der Waals surface area contributed by atoms with E-state index in [0.29, 0.717) is 5.92 Å². The number of hydrogen-bond donors (Lipinski definition) is 1. The van der Waals surface area contributed by atoms with Crippen LogP contribution in [0.3, 0.4) is 0 Å². The number of fused-ring (bicyclic) bond motifs is 1. The van der Waals surface area contributed by atoms with Crippen LogP contribution in [0.15, 0.2) is 11.6 Å². The van der Waals surface area contributed by atoms with Crippen molar-refractivity contribution in [1.82, 2.24) is 0 Å². The molecule has 2 aliphatic rings. The number of hydrogen-bond acceptors (Lipinski definition) is 1. The molecule has 2 aliphatic carbocycles. The van der Waals surface area contributed by atoms with Crippen LogP contribution in [0, 0.1) is 11.8 Å². The zero-order chi connectivity index (χ0) is 7.84. The summed E-state index contributed by atoms with van der Waals surface area (Å²) >= 11 is 0. The van der Waals surface area contributed by atoms with Crippen LogP contribution < -0.4 is 0 Å². The highest BCUT2D eigenvalue weighted by molar-refractivity contribution is 5.11. The zero-order valence-electron chi connectivity index (χ0n) is 7.09. The van der Waals surface area contributed by atoms with Crippen molar-refractivity contribution in [3.8, 4) is 0 Å². The molecule has 0 saturated heterocycles. The van der Waals surface area contributed by atoms with Gasteiger partial charge in [-0.15, -0.1) is 0 Å². The Balaban J connectivity index is 2.17. The van der Waals surface area contributed by atoms with Crippen LogP contribution in [-0.4, -0.2) is 11.2 Å². The molecule has 0 unspecified atom stereocenters. The molecule has 0 aliphatic heterocycles. The average molecular weight is 152 g/mol. The Hall–Kier alpha value is -0.300. The summed E-state index contributed by atoms with van der Waals surface area (Å²) < 4.78 is 0. The second kappa shape index (κ2) is 2.63. The summed E-state index contributed by atoms with van der Waals surface area (Å²) in [5, 5.41) is 9.60. The molecule has 0 aromatic rings. The van der Waals surface area contributed by atoms with Crippen molar-refractivity contribution in [2.24, 2.45) is 11.8 Å². The van der Waals surface area contributed by atoms with Crippen molar-refractivity contribution in [2.75, 3.05) is 0 Å². The molecule has 1 nitrogen and oxygen atoms in total. The van der Waals surface area contributed by atoms with Crippen LogP contribution >= 0.6 is 0 Å². The monoisotopic (exact) mass is 152 g/mol. The lowest BCUT2D eigenvalue weighted by Gasteiger charge is -2.24. The van der Waals surface area contributed by atoms with Crippen LogP contribution in [0.1, 0.15) is 32.6 Å². The van der Waals surface area contributed by atoms with Gasteiger partial charge in [0.15, 0.2) is 0 Å². The summed E-state index contributed by atoms with van der Waals surface area (Å²) in [6, 6.07) is 0. The van der Waals surface area contributed by atoms with Crippen LogP contribution in [0.25, 0.3) is 0 Å². The first kappa shape index (κ1) is 7.35. The van der Waals surface area contributed by atoms with E-state index in [4.69, 9.17) is 0 Å². The van der Waals surface area contributed by atoms with Crippen molar-refractivity contribution < 1.29 is 5.11 Å². The van der Waals surface area contributed by atoms with E-state index in [-0.39, 0.29) is 6.10 Å². The Morgan fingerprint density at radius 1 is 1.36 bits per heavy atom. The first-order chi connectivity index (χ1) is 5.27. The maximum Gasteiger partial charge on any atom is 0.0605 e. The number of allylic oxidation sites excluding steroid dienone is 1. The lowest BCUT2D eigenvalue weighted by molar-refractivity contribution is 0.137. The maximum absolute atomic E-state index is 9.60. The third kappa shape index (κ3) is 1.22. The van der Waals surface area contributed by atoms with E-state index in [1.807, 2.05) is 0 Å². The molecule has 1 heteroatoms. The molecule has 1 fully saturated rings. The van der Waals surface area contributed by atoms with Crippen molar-refractivity contribution in [3.05, 3.63) is 11.6 Å². The first-order valence-corrected chi connectivity index (χ1v) is 4.63. The van der Waals surface area contributed by atoms with Gasteiger partial charge in [0.1, 0.15) is 0 Å². The maximum atomic E-state index is 9.60. The molecular weight excluding hydrogens is 136 g/mol. The Kier molecular flexibility index (Phi) is 1.76. The highest BCUT2D eigenvalue weighted by atomic mass is 16.3. The summed E-state index contributed by atoms with van der Waals surface area (Å²) in [6.45, 7) is 2.18. The fourth-order valence-electron chi connectivity index (χ4n) is 2.49. The predicted octanol–water partition coefficient (Wildman–Crippen LogP) is 2.11.